The highest BCUT2D eigenvalue weighted by atomic mass is 35.5. The summed E-state index contributed by atoms with van der Waals surface area (Å²) in [7, 11) is 0. The monoisotopic (exact) mass is 509 g/mol. The Hall–Kier alpha value is -2.50. The second kappa shape index (κ2) is 15.5. The van der Waals surface area contributed by atoms with Gasteiger partial charge in [-0.25, -0.2) is 0 Å². The Labute approximate surface area is 211 Å². The molecule has 2 rings (SSSR count). The van der Waals surface area contributed by atoms with Gasteiger partial charge in [-0.3, -0.25) is 35.2 Å². The first kappa shape index (κ1) is 28.7. The van der Waals surface area contributed by atoms with Crippen molar-refractivity contribution in [2.24, 2.45) is 0 Å². The van der Waals surface area contributed by atoms with Gasteiger partial charge in [0, 0.05) is 49.5 Å². The van der Waals surface area contributed by atoms with Gasteiger partial charge in [0.2, 0.25) is 6.41 Å². The van der Waals surface area contributed by atoms with E-state index >= 15 is 0 Å². The smallest absolute Gasteiger partial charge is 0.320 e. The number of hydrogen-bond donors (Lipinski definition) is 2. The summed E-state index contributed by atoms with van der Waals surface area (Å²) in [5, 5.41) is 6.08. The largest absolute Gasteiger partial charge is 0.465 e. The first-order valence-corrected chi connectivity index (χ1v) is 12.2. The van der Waals surface area contributed by atoms with Crippen LogP contribution in [0.15, 0.2) is 30.5 Å². The lowest BCUT2D eigenvalue weighted by molar-refractivity contribution is -0.155. The maximum Gasteiger partial charge on any atom is 0.320 e. The summed E-state index contributed by atoms with van der Waals surface area (Å²) < 4.78 is 16.1. The number of aromatic nitrogens is 1. The highest BCUT2D eigenvalue weighted by Gasteiger charge is 2.20. The van der Waals surface area contributed by atoms with Crippen molar-refractivity contribution in [2.75, 3.05) is 58.0 Å². The van der Waals surface area contributed by atoms with Crippen molar-refractivity contribution in [3.05, 3.63) is 35.5 Å². The number of halogens is 1. The summed E-state index contributed by atoms with van der Waals surface area (Å²) in [6.07, 6.45) is 1.11. The van der Waals surface area contributed by atoms with Gasteiger partial charge in [0.25, 0.3) is 5.91 Å². The van der Waals surface area contributed by atoms with E-state index in [0.29, 0.717) is 37.9 Å². The van der Waals surface area contributed by atoms with Gasteiger partial charge in [-0.1, -0.05) is 11.6 Å². The van der Waals surface area contributed by atoms with Crippen LogP contribution in [0, 0.1) is 0 Å². The number of amides is 1. The molecule has 11 heteroatoms. The van der Waals surface area contributed by atoms with Crippen molar-refractivity contribution in [3.63, 3.8) is 0 Å². The molecule has 2 N–H and O–H groups in total. The fourth-order valence-corrected chi connectivity index (χ4v) is 3.54. The average molecular weight is 510 g/mol. The molecule has 0 saturated carbocycles. The van der Waals surface area contributed by atoms with Gasteiger partial charge >= 0.3 is 5.97 Å². The number of nitrogens with zero attached hydrogens (tertiary/aromatic N) is 3. The van der Waals surface area contributed by atoms with Crippen LogP contribution in [0.1, 0.15) is 27.7 Å². The Morgan fingerprint density at radius 1 is 1.06 bits per heavy atom. The standard InChI is InChI=1S/C24H36ClN5O5/c1-5-30(28-20-11-12-26-21-15-18(25)9-10-19(20)21)22(31)16-29(17-23(32)33-6-2)14-13-27-24(34-7-3)35-8-4/h9-12,15,24,27H,5-8,13-14,16-17H2,1-4H3,(H,26,28). The highest BCUT2D eigenvalue weighted by Crippen LogP contribution is 2.24. The number of nitrogens with one attached hydrogen (secondary N) is 2. The average Bonchev–Trinajstić information content (AvgIpc) is 2.82. The molecule has 194 valence electrons. The van der Waals surface area contributed by atoms with E-state index in [4.69, 9.17) is 25.8 Å². The molecule has 0 spiro atoms. The summed E-state index contributed by atoms with van der Waals surface area (Å²) in [6.45, 7) is 9.94. The molecule has 0 fully saturated rings. The Bertz CT molecular complexity index is 942. The van der Waals surface area contributed by atoms with Gasteiger partial charge in [0.15, 0.2) is 0 Å². The third-order valence-electron chi connectivity index (χ3n) is 4.97. The van der Waals surface area contributed by atoms with Crippen molar-refractivity contribution in [1.82, 2.24) is 20.2 Å². The van der Waals surface area contributed by atoms with E-state index in [1.54, 1.807) is 36.2 Å². The fraction of sp³-hybridized carbons (Fsp3) is 0.542. The van der Waals surface area contributed by atoms with Gasteiger partial charge in [0.1, 0.15) is 0 Å². The number of anilines is 1. The molecule has 1 amide bonds. The predicted molar refractivity (Wildman–Crippen MR) is 136 cm³/mol. The minimum Gasteiger partial charge on any atom is -0.465 e. The van der Waals surface area contributed by atoms with Crippen LogP contribution in [-0.2, 0) is 23.8 Å². The van der Waals surface area contributed by atoms with Crippen molar-refractivity contribution >= 4 is 40.1 Å². The molecule has 0 aliphatic heterocycles. The van der Waals surface area contributed by atoms with Gasteiger partial charge in [-0.2, -0.15) is 0 Å². The molecule has 0 aliphatic rings. The molecule has 0 saturated heterocycles. The third kappa shape index (κ3) is 9.58. The molecule has 1 heterocycles. The minimum atomic E-state index is -0.549. The maximum absolute atomic E-state index is 13.2. The Balaban J connectivity index is 2.07. The van der Waals surface area contributed by atoms with E-state index in [2.05, 4.69) is 15.7 Å². The lowest BCUT2D eigenvalue weighted by Crippen LogP contribution is -2.47. The summed E-state index contributed by atoms with van der Waals surface area (Å²) in [5.41, 5.74) is 4.64. The van der Waals surface area contributed by atoms with Gasteiger partial charge in [0.05, 0.1) is 30.9 Å². The Morgan fingerprint density at radius 2 is 1.80 bits per heavy atom. The van der Waals surface area contributed by atoms with E-state index < -0.39 is 6.41 Å². The number of ether oxygens (including phenoxy) is 3. The van der Waals surface area contributed by atoms with Gasteiger partial charge < -0.3 is 14.2 Å². The first-order chi connectivity index (χ1) is 16.9. The number of fused-ring (bicyclic) bond motifs is 1. The molecule has 0 aliphatic carbocycles. The molecule has 0 radical (unpaired) electrons. The first-order valence-electron chi connectivity index (χ1n) is 11.9. The zero-order chi connectivity index (χ0) is 25.6. The zero-order valence-electron chi connectivity index (χ0n) is 20.9. The Kier molecular flexibility index (Phi) is 12.7. The maximum atomic E-state index is 13.2. The normalized spacial score (nSPS) is 11.3. The summed E-state index contributed by atoms with van der Waals surface area (Å²) in [6, 6.07) is 7.21. The molecular formula is C24H36ClN5O5. The summed E-state index contributed by atoms with van der Waals surface area (Å²) in [4.78, 5) is 31.4. The molecule has 0 atom stereocenters. The summed E-state index contributed by atoms with van der Waals surface area (Å²) >= 11 is 6.08. The lowest BCUT2D eigenvalue weighted by Gasteiger charge is -2.28. The van der Waals surface area contributed by atoms with E-state index in [1.807, 2.05) is 26.8 Å². The molecule has 0 bridgehead atoms. The molecule has 35 heavy (non-hydrogen) atoms. The number of benzene rings is 1. The number of pyridine rings is 1. The molecule has 1 aromatic heterocycles. The lowest BCUT2D eigenvalue weighted by atomic mass is 10.2. The topological polar surface area (TPSA) is 105 Å². The quantitative estimate of drug-likeness (QED) is 0.201. The predicted octanol–water partition coefficient (Wildman–Crippen LogP) is 2.87. The van der Waals surface area contributed by atoms with Crippen LogP contribution in [0.3, 0.4) is 0 Å². The van der Waals surface area contributed by atoms with Crippen molar-refractivity contribution in [1.29, 1.82) is 0 Å². The number of esters is 1. The fourth-order valence-electron chi connectivity index (χ4n) is 3.37. The molecule has 0 unspecified atom stereocenters. The van der Waals surface area contributed by atoms with Crippen molar-refractivity contribution in [3.8, 4) is 0 Å². The third-order valence-corrected chi connectivity index (χ3v) is 5.20. The second-order valence-electron chi connectivity index (χ2n) is 7.48. The number of rotatable bonds is 16. The molecule has 10 nitrogen and oxygen atoms in total. The van der Waals surface area contributed by atoms with Gasteiger partial charge in [-0.15, -0.1) is 0 Å². The van der Waals surface area contributed by atoms with Crippen molar-refractivity contribution in [2.45, 2.75) is 34.1 Å². The number of likely N-dealkylation sites (N-methyl/N-ethyl adjacent to an activating group) is 1. The number of hydrogen-bond acceptors (Lipinski definition) is 9. The van der Waals surface area contributed by atoms with Crippen LogP contribution in [0.5, 0.6) is 0 Å². The van der Waals surface area contributed by atoms with E-state index in [9.17, 15) is 9.59 Å². The minimum absolute atomic E-state index is 0.0105. The zero-order valence-corrected chi connectivity index (χ0v) is 21.6. The van der Waals surface area contributed by atoms with Crippen LogP contribution in [0.4, 0.5) is 5.69 Å². The highest BCUT2D eigenvalue weighted by molar-refractivity contribution is 6.31. The van der Waals surface area contributed by atoms with Crippen LogP contribution in [0.2, 0.25) is 5.02 Å². The van der Waals surface area contributed by atoms with Crippen LogP contribution in [-0.4, -0.2) is 85.7 Å². The van der Waals surface area contributed by atoms with E-state index in [0.717, 1.165) is 16.6 Å². The molecule has 1 aromatic carbocycles. The number of carbonyl (C=O) groups excluding carboxylic acids is 2. The van der Waals surface area contributed by atoms with Gasteiger partial charge in [-0.05, 0) is 52.0 Å². The van der Waals surface area contributed by atoms with Crippen LogP contribution < -0.4 is 10.7 Å². The summed E-state index contributed by atoms with van der Waals surface area (Å²) in [5.74, 6) is -0.582. The number of hydrazine groups is 1. The number of carbonyl (C=O) groups is 2. The molecule has 2 aromatic rings. The van der Waals surface area contributed by atoms with Crippen LogP contribution >= 0.6 is 11.6 Å². The van der Waals surface area contributed by atoms with Crippen molar-refractivity contribution < 1.29 is 23.8 Å². The van der Waals surface area contributed by atoms with E-state index in [-0.39, 0.29) is 31.6 Å². The van der Waals surface area contributed by atoms with E-state index in [1.165, 1.54) is 5.01 Å². The van der Waals surface area contributed by atoms with Crippen LogP contribution in [0.25, 0.3) is 10.9 Å². The Morgan fingerprint density at radius 3 is 2.46 bits per heavy atom. The second-order valence-corrected chi connectivity index (χ2v) is 7.92. The molecular weight excluding hydrogens is 474 g/mol. The SMILES string of the molecule is CCOC(=O)CN(CCNC(OCC)OCC)CC(=O)N(CC)Nc1ccnc2cc(Cl)ccc12.